The van der Waals surface area contributed by atoms with Crippen LogP contribution < -0.4 is 4.74 Å². The van der Waals surface area contributed by atoms with E-state index in [1.165, 1.54) is 11.0 Å². The number of benzene rings is 2. The molecule has 0 aromatic heterocycles. The van der Waals surface area contributed by atoms with Crippen LogP contribution in [-0.2, 0) is 11.3 Å². The third kappa shape index (κ3) is 5.56. The maximum absolute atomic E-state index is 12.2. The molecule has 0 heterocycles. The minimum atomic E-state index is -0.431. The van der Waals surface area contributed by atoms with Crippen LogP contribution in [0.5, 0.6) is 5.75 Å². The lowest BCUT2D eigenvalue weighted by atomic mass is 10.1. The lowest BCUT2D eigenvalue weighted by Crippen LogP contribution is -2.26. The van der Waals surface area contributed by atoms with Gasteiger partial charge in [-0.2, -0.15) is 0 Å². The second-order valence-electron chi connectivity index (χ2n) is 5.52. The molecule has 0 unspecified atom stereocenters. The summed E-state index contributed by atoms with van der Waals surface area (Å²) in [5.41, 5.74) is 0.548. The average molecular weight is 407 g/mol. The Hall–Kier alpha value is -2.41. The number of carbonyl (C=O) groups is 1. The molecule has 0 radical (unpaired) electrons. The quantitative estimate of drug-likeness (QED) is 0.374. The molecule has 0 spiro atoms. The van der Waals surface area contributed by atoms with Crippen molar-refractivity contribution in [2.45, 2.75) is 19.4 Å². The zero-order valence-electron chi connectivity index (χ0n) is 13.9. The van der Waals surface area contributed by atoms with Gasteiger partial charge in [-0.1, -0.05) is 30.3 Å². The molecule has 2 aromatic carbocycles. The summed E-state index contributed by atoms with van der Waals surface area (Å²) in [4.78, 5) is 24.3. The predicted molar refractivity (Wildman–Crippen MR) is 98.4 cm³/mol. The topological polar surface area (TPSA) is 72.7 Å². The molecule has 7 heteroatoms. The fourth-order valence-corrected chi connectivity index (χ4v) is 2.72. The average Bonchev–Trinajstić information content (AvgIpc) is 2.60. The minimum absolute atomic E-state index is 0.0272. The Kier molecular flexibility index (Phi) is 6.94. The predicted octanol–water partition coefficient (Wildman–Crippen LogP) is 4.17. The minimum Gasteiger partial charge on any atom is -0.492 e. The van der Waals surface area contributed by atoms with E-state index in [2.05, 4.69) is 15.9 Å². The van der Waals surface area contributed by atoms with Gasteiger partial charge in [-0.15, -0.1) is 0 Å². The Morgan fingerprint density at radius 1 is 1.20 bits per heavy atom. The first-order valence-electron chi connectivity index (χ1n) is 7.82. The Morgan fingerprint density at radius 3 is 2.60 bits per heavy atom. The number of hydrogen-bond acceptors (Lipinski definition) is 4. The van der Waals surface area contributed by atoms with Gasteiger partial charge in [-0.25, -0.2) is 0 Å². The number of ether oxygens (including phenoxy) is 1. The molecule has 0 atom stereocenters. The van der Waals surface area contributed by atoms with Crippen molar-refractivity contribution >= 4 is 27.5 Å². The summed E-state index contributed by atoms with van der Waals surface area (Å²) in [5.74, 6) is 0.664. The van der Waals surface area contributed by atoms with Crippen molar-refractivity contribution in [1.29, 1.82) is 0 Å². The molecule has 2 aromatic rings. The van der Waals surface area contributed by atoms with Crippen molar-refractivity contribution < 1.29 is 14.5 Å². The van der Waals surface area contributed by atoms with Gasteiger partial charge in [0.15, 0.2) is 0 Å². The van der Waals surface area contributed by atoms with Gasteiger partial charge >= 0.3 is 0 Å². The molecule has 0 aliphatic heterocycles. The van der Waals surface area contributed by atoms with E-state index in [0.29, 0.717) is 25.0 Å². The maximum Gasteiger partial charge on any atom is 0.274 e. The van der Waals surface area contributed by atoms with Gasteiger partial charge in [-0.05, 0) is 34.5 Å². The van der Waals surface area contributed by atoms with Crippen molar-refractivity contribution in [1.82, 2.24) is 4.90 Å². The van der Waals surface area contributed by atoms with Crippen LogP contribution >= 0.6 is 15.9 Å². The first kappa shape index (κ1) is 18.9. The fourth-order valence-electron chi connectivity index (χ4n) is 2.32. The van der Waals surface area contributed by atoms with Crippen molar-refractivity contribution in [3.05, 3.63) is 68.7 Å². The Bertz CT molecular complexity index is 751. The molecule has 0 saturated heterocycles. The summed E-state index contributed by atoms with van der Waals surface area (Å²) in [7, 11) is 1.65. The number of hydrogen-bond donors (Lipinski definition) is 0. The van der Waals surface area contributed by atoms with E-state index in [1.807, 2.05) is 24.3 Å². The molecule has 0 fully saturated rings. The van der Waals surface area contributed by atoms with E-state index >= 15 is 0 Å². The van der Waals surface area contributed by atoms with Gasteiger partial charge in [0, 0.05) is 25.1 Å². The van der Waals surface area contributed by atoms with Gasteiger partial charge in [0.05, 0.1) is 22.5 Å². The molecule has 6 nitrogen and oxygen atoms in total. The van der Waals surface area contributed by atoms with E-state index in [9.17, 15) is 14.9 Å². The monoisotopic (exact) mass is 406 g/mol. The van der Waals surface area contributed by atoms with Gasteiger partial charge in [0.2, 0.25) is 5.91 Å². The lowest BCUT2D eigenvalue weighted by Gasteiger charge is -2.17. The summed E-state index contributed by atoms with van der Waals surface area (Å²) < 4.78 is 6.50. The molecule has 0 aliphatic carbocycles. The summed E-state index contributed by atoms with van der Waals surface area (Å²) in [6, 6.07) is 14.0. The van der Waals surface area contributed by atoms with Gasteiger partial charge in [-0.3, -0.25) is 14.9 Å². The van der Waals surface area contributed by atoms with Crippen LogP contribution in [-0.4, -0.2) is 29.4 Å². The normalized spacial score (nSPS) is 10.3. The first-order valence-corrected chi connectivity index (χ1v) is 8.62. The van der Waals surface area contributed by atoms with Gasteiger partial charge in [0.25, 0.3) is 5.69 Å². The molecule has 2 rings (SSSR count). The van der Waals surface area contributed by atoms with E-state index in [4.69, 9.17) is 4.74 Å². The van der Waals surface area contributed by atoms with E-state index < -0.39 is 4.92 Å². The molecule has 0 N–H and O–H groups in total. The Morgan fingerprint density at radius 2 is 1.88 bits per heavy atom. The maximum atomic E-state index is 12.2. The molecular weight excluding hydrogens is 388 g/mol. The summed E-state index contributed by atoms with van der Waals surface area (Å²) in [5, 5.41) is 11.0. The number of nitro benzene ring substituents is 1. The van der Waals surface area contributed by atoms with E-state index in [-0.39, 0.29) is 18.1 Å². The number of carbonyl (C=O) groups excluding carboxylic acids is 1. The molecule has 0 saturated carbocycles. The van der Waals surface area contributed by atoms with Crippen LogP contribution in [0.1, 0.15) is 18.4 Å². The van der Waals surface area contributed by atoms with Crippen LogP contribution in [0, 0.1) is 10.1 Å². The SMILES string of the molecule is CN(Cc1ccccc1[N+](=O)[O-])C(=O)CCCOc1ccccc1Br. The fraction of sp³-hybridized carbons (Fsp3) is 0.278. The second kappa shape index (κ2) is 9.17. The number of rotatable bonds is 8. The highest BCUT2D eigenvalue weighted by molar-refractivity contribution is 9.10. The van der Waals surface area contributed by atoms with Crippen molar-refractivity contribution in [3.8, 4) is 5.75 Å². The molecule has 132 valence electrons. The molecular formula is C18H19BrN2O4. The number of nitrogens with zero attached hydrogens (tertiary/aromatic N) is 2. The van der Waals surface area contributed by atoms with Crippen LogP contribution in [0.3, 0.4) is 0 Å². The molecule has 0 aliphatic rings. The largest absolute Gasteiger partial charge is 0.492 e. The Balaban J connectivity index is 1.81. The highest BCUT2D eigenvalue weighted by atomic mass is 79.9. The zero-order chi connectivity index (χ0) is 18.2. The van der Waals surface area contributed by atoms with Crippen LogP contribution in [0.15, 0.2) is 53.0 Å². The third-order valence-corrected chi connectivity index (χ3v) is 4.31. The van der Waals surface area contributed by atoms with Crippen molar-refractivity contribution in [2.75, 3.05) is 13.7 Å². The number of amides is 1. The van der Waals surface area contributed by atoms with E-state index in [1.54, 1.807) is 25.2 Å². The number of nitro groups is 1. The van der Waals surface area contributed by atoms with E-state index in [0.717, 1.165) is 10.2 Å². The smallest absolute Gasteiger partial charge is 0.274 e. The van der Waals surface area contributed by atoms with Crippen LogP contribution in [0.25, 0.3) is 0 Å². The summed E-state index contributed by atoms with van der Waals surface area (Å²) >= 11 is 3.40. The molecule has 1 amide bonds. The van der Waals surface area contributed by atoms with Crippen LogP contribution in [0.4, 0.5) is 5.69 Å². The second-order valence-corrected chi connectivity index (χ2v) is 6.37. The number of halogens is 1. The summed E-state index contributed by atoms with van der Waals surface area (Å²) in [6.07, 6.45) is 0.892. The zero-order valence-corrected chi connectivity index (χ0v) is 15.4. The Labute approximate surface area is 154 Å². The van der Waals surface area contributed by atoms with Gasteiger partial charge in [0.1, 0.15) is 5.75 Å². The molecule has 0 bridgehead atoms. The lowest BCUT2D eigenvalue weighted by molar-refractivity contribution is -0.385. The van der Waals surface area contributed by atoms with Crippen LogP contribution in [0.2, 0.25) is 0 Å². The summed E-state index contributed by atoms with van der Waals surface area (Å²) in [6.45, 7) is 0.634. The standard InChI is InChI=1S/C18H19BrN2O4/c1-20(13-14-7-2-4-9-16(14)21(23)24)18(22)11-6-12-25-17-10-5-3-8-15(17)19/h2-5,7-10H,6,11-13H2,1H3. The first-order chi connectivity index (χ1) is 12.0. The van der Waals surface area contributed by atoms with Crippen molar-refractivity contribution in [2.24, 2.45) is 0 Å². The molecule has 25 heavy (non-hydrogen) atoms. The van der Waals surface area contributed by atoms with Gasteiger partial charge < -0.3 is 9.64 Å². The highest BCUT2D eigenvalue weighted by Gasteiger charge is 2.16. The van der Waals surface area contributed by atoms with Crippen molar-refractivity contribution in [3.63, 3.8) is 0 Å². The highest BCUT2D eigenvalue weighted by Crippen LogP contribution is 2.24. The number of para-hydroxylation sites is 2. The third-order valence-electron chi connectivity index (χ3n) is 3.65.